The third-order valence-electron chi connectivity index (χ3n) is 2.95. The number of hydrogen-bond donors (Lipinski definition) is 2. The third kappa shape index (κ3) is 2.82. The fourth-order valence-corrected chi connectivity index (χ4v) is 1.84. The van der Waals surface area contributed by atoms with Crippen LogP contribution >= 0.6 is 0 Å². The molecule has 1 aromatic rings. The van der Waals surface area contributed by atoms with Gasteiger partial charge in [-0.15, -0.1) is 0 Å². The van der Waals surface area contributed by atoms with E-state index in [-0.39, 0.29) is 6.04 Å². The van der Waals surface area contributed by atoms with E-state index in [1.54, 1.807) is 0 Å². The number of nitrogens with one attached hydrogen (secondary N) is 1. The molecule has 0 saturated carbocycles. The summed E-state index contributed by atoms with van der Waals surface area (Å²) in [6.45, 7) is 6.16. The Morgan fingerprint density at radius 1 is 1.24 bits per heavy atom. The highest BCUT2D eigenvalue weighted by Gasteiger charge is 2.14. The summed E-state index contributed by atoms with van der Waals surface area (Å²) in [6.07, 6.45) is 0. The predicted molar refractivity (Wildman–Crippen MR) is 68.7 cm³/mol. The van der Waals surface area contributed by atoms with Crippen LogP contribution in [-0.4, -0.2) is 25.8 Å². The number of anilines is 1. The lowest BCUT2D eigenvalue weighted by atomic mass is 10.0. The summed E-state index contributed by atoms with van der Waals surface area (Å²) >= 11 is 0. The molecule has 3 N–H and O–H groups in total. The highest BCUT2D eigenvalue weighted by atomic mass is 16.6. The van der Waals surface area contributed by atoms with E-state index in [9.17, 15) is 0 Å². The summed E-state index contributed by atoms with van der Waals surface area (Å²) in [4.78, 5) is 0. The first-order valence-corrected chi connectivity index (χ1v) is 6.07. The van der Waals surface area contributed by atoms with Crippen LogP contribution in [0.2, 0.25) is 0 Å². The minimum atomic E-state index is 0.276. The summed E-state index contributed by atoms with van der Waals surface area (Å²) in [5.41, 5.74) is 6.77. The lowest BCUT2D eigenvalue weighted by molar-refractivity contribution is 0.171. The Labute approximate surface area is 102 Å². The Morgan fingerprint density at radius 2 is 1.94 bits per heavy atom. The van der Waals surface area contributed by atoms with Crippen LogP contribution in [0.15, 0.2) is 18.2 Å². The van der Waals surface area contributed by atoms with Crippen molar-refractivity contribution in [1.82, 2.24) is 0 Å². The van der Waals surface area contributed by atoms with Gasteiger partial charge in [-0.2, -0.15) is 0 Å². The Balaban J connectivity index is 2.11. The molecule has 94 valence electrons. The Bertz CT molecular complexity index is 380. The van der Waals surface area contributed by atoms with E-state index in [2.05, 4.69) is 19.2 Å². The van der Waals surface area contributed by atoms with Crippen molar-refractivity contribution < 1.29 is 9.47 Å². The van der Waals surface area contributed by atoms with E-state index >= 15 is 0 Å². The van der Waals surface area contributed by atoms with Crippen LogP contribution in [0, 0.1) is 5.92 Å². The van der Waals surface area contributed by atoms with E-state index in [0.717, 1.165) is 17.2 Å². The van der Waals surface area contributed by atoms with Crippen LogP contribution in [0.3, 0.4) is 0 Å². The van der Waals surface area contributed by atoms with Crippen LogP contribution in [0.5, 0.6) is 11.5 Å². The molecule has 1 aliphatic rings. The summed E-state index contributed by atoms with van der Waals surface area (Å²) in [5.74, 6) is 2.12. The highest BCUT2D eigenvalue weighted by molar-refractivity contribution is 5.55. The molecular weight excluding hydrogens is 216 g/mol. The molecule has 2 rings (SSSR count). The summed E-state index contributed by atoms with van der Waals surface area (Å²) in [7, 11) is 0. The van der Waals surface area contributed by atoms with E-state index < -0.39 is 0 Å². The molecule has 1 atom stereocenters. The van der Waals surface area contributed by atoms with Gasteiger partial charge in [0, 0.05) is 24.3 Å². The summed E-state index contributed by atoms with van der Waals surface area (Å²) in [6, 6.07) is 6.18. The maximum Gasteiger partial charge on any atom is 0.163 e. The van der Waals surface area contributed by atoms with Crippen molar-refractivity contribution in [1.29, 1.82) is 0 Å². The lowest BCUT2D eigenvalue weighted by Crippen LogP contribution is -2.33. The number of fused-ring (bicyclic) bond motifs is 1. The average Bonchev–Trinajstić information content (AvgIpc) is 2.35. The Hall–Kier alpha value is -1.42. The van der Waals surface area contributed by atoms with Gasteiger partial charge in [0.1, 0.15) is 13.2 Å². The molecule has 0 fully saturated rings. The second-order valence-electron chi connectivity index (χ2n) is 4.59. The van der Waals surface area contributed by atoms with Crippen molar-refractivity contribution >= 4 is 5.69 Å². The van der Waals surface area contributed by atoms with Crippen molar-refractivity contribution in [2.24, 2.45) is 11.7 Å². The Morgan fingerprint density at radius 3 is 2.59 bits per heavy atom. The normalized spacial score (nSPS) is 15.8. The van der Waals surface area contributed by atoms with E-state index in [0.29, 0.717) is 25.7 Å². The van der Waals surface area contributed by atoms with E-state index in [1.807, 2.05) is 18.2 Å². The number of ether oxygens (including phenoxy) is 2. The van der Waals surface area contributed by atoms with E-state index in [4.69, 9.17) is 15.2 Å². The minimum absolute atomic E-state index is 0.276. The van der Waals surface area contributed by atoms with Crippen LogP contribution in [0.4, 0.5) is 5.69 Å². The smallest absolute Gasteiger partial charge is 0.163 e. The second kappa shape index (κ2) is 5.27. The first-order valence-electron chi connectivity index (χ1n) is 6.07. The molecule has 0 spiro atoms. The first-order chi connectivity index (χ1) is 8.20. The van der Waals surface area contributed by atoms with Crippen molar-refractivity contribution in [2.75, 3.05) is 25.1 Å². The van der Waals surface area contributed by atoms with Crippen molar-refractivity contribution in [3.8, 4) is 11.5 Å². The molecule has 1 heterocycles. The quantitative estimate of drug-likeness (QED) is 0.837. The SMILES string of the molecule is CC(C)C(CN)Nc1ccc2c(c1)OCCO2. The molecule has 4 nitrogen and oxygen atoms in total. The second-order valence-corrected chi connectivity index (χ2v) is 4.59. The molecular formula is C13H20N2O2. The molecule has 0 radical (unpaired) electrons. The molecule has 0 bridgehead atoms. The molecule has 0 saturated heterocycles. The van der Waals surface area contributed by atoms with Gasteiger partial charge >= 0.3 is 0 Å². The van der Waals surface area contributed by atoms with Gasteiger partial charge in [0.2, 0.25) is 0 Å². The summed E-state index contributed by atoms with van der Waals surface area (Å²) in [5, 5.41) is 3.42. The molecule has 4 heteroatoms. The highest BCUT2D eigenvalue weighted by Crippen LogP contribution is 2.32. The molecule has 1 aromatic carbocycles. The summed E-state index contributed by atoms with van der Waals surface area (Å²) < 4.78 is 11.0. The van der Waals surface area contributed by atoms with Crippen molar-refractivity contribution in [3.63, 3.8) is 0 Å². The van der Waals surface area contributed by atoms with Crippen LogP contribution in [0.25, 0.3) is 0 Å². The topological polar surface area (TPSA) is 56.5 Å². The molecule has 1 aliphatic heterocycles. The van der Waals surface area contributed by atoms with Gasteiger partial charge < -0.3 is 20.5 Å². The fraction of sp³-hybridized carbons (Fsp3) is 0.538. The van der Waals surface area contributed by atoms with Crippen LogP contribution in [0.1, 0.15) is 13.8 Å². The van der Waals surface area contributed by atoms with Gasteiger partial charge in [-0.3, -0.25) is 0 Å². The first kappa shape index (κ1) is 12.0. The maximum absolute atomic E-state index is 5.74. The monoisotopic (exact) mass is 236 g/mol. The molecule has 0 aliphatic carbocycles. The Kier molecular flexibility index (Phi) is 3.74. The third-order valence-corrected chi connectivity index (χ3v) is 2.95. The van der Waals surface area contributed by atoms with Crippen molar-refractivity contribution in [2.45, 2.75) is 19.9 Å². The predicted octanol–water partition coefficient (Wildman–Crippen LogP) is 1.85. The van der Waals surface area contributed by atoms with E-state index in [1.165, 1.54) is 0 Å². The zero-order valence-electron chi connectivity index (χ0n) is 10.4. The zero-order valence-corrected chi connectivity index (χ0v) is 10.4. The van der Waals surface area contributed by atoms with Gasteiger partial charge in [0.15, 0.2) is 11.5 Å². The fourth-order valence-electron chi connectivity index (χ4n) is 1.84. The lowest BCUT2D eigenvalue weighted by Gasteiger charge is -2.24. The molecule has 0 amide bonds. The number of benzene rings is 1. The molecule has 0 aromatic heterocycles. The number of rotatable bonds is 4. The van der Waals surface area contributed by atoms with Crippen LogP contribution < -0.4 is 20.5 Å². The minimum Gasteiger partial charge on any atom is -0.486 e. The maximum atomic E-state index is 5.74. The average molecular weight is 236 g/mol. The van der Waals surface area contributed by atoms with Crippen molar-refractivity contribution in [3.05, 3.63) is 18.2 Å². The van der Waals surface area contributed by atoms with Gasteiger partial charge in [0.25, 0.3) is 0 Å². The largest absolute Gasteiger partial charge is 0.486 e. The van der Waals surface area contributed by atoms with Gasteiger partial charge in [-0.05, 0) is 18.1 Å². The zero-order chi connectivity index (χ0) is 12.3. The number of nitrogens with two attached hydrogens (primary N) is 1. The molecule has 17 heavy (non-hydrogen) atoms. The van der Waals surface area contributed by atoms with Gasteiger partial charge in [0.05, 0.1) is 0 Å². The standard InChI is InChI=1S/C13H20N2O2/c1-9(2)11(8-14)15-10-3-4-12-13(7-10)17-6-5-16-12/h3-4,7,9,11,15H,5-6,8,14H2,1-2H3. The van der Waals surface area contributed by atoms with Crippen LogP contribution in [-0.2, 0) is 0 Å². The van der Waals surface area contributed by atoms with Gasteiger partial charge in [-0.25, -0.2) is 0 Å². The molecule has 1 unspecified atom stereocenters. The number of hydrogen-bond acceptors (Lipinski definition) is 4. The van der Waals surface area contributed by atoms with Gasteiger partial charge in [-0.1, -0.05) is 13.8 Å².